The summed E-state index contributed by atoms with van der Waals surface area (Å²) in [5, 5.41) is 7.19. The molecular formula is C15H25N5O3. The zero-order valence-electron chi connectivity index (χ0n) is 14.0. The van der Waals surface area contributed by atoms with Crippen LogP contribution in [-0.2, 0) is 20.9 Å². The molecular weight excluding hydrogens is 298 g/mol. The molecule has 128 valence electrons. The number of amides is 2. The molecule has 0 saturated carbocycles. The first-order valence-corrected chi connectivity index (χ1v) is 7.93. The van der Waals surface area contributed by atoms with Gasteiger partial charge in [0.1, 0.15) is 18.3 Å². The average Bonchev–Trinajstić information content (AvgIpc) is 2.85. The van der Waals surface area contributed by atoms with Crippen molar-refractivity contribution in [3.8, 4) is 0 Å². The number of hydrogen-bond donors (Lipinski definition) is 1. The maximum Gasteiger partial charge on any atom is 0.248 e. The Labute approximate surface area is 136 Å². The smallest absolute Gasteiger partial charge is 0.248 e. The number of piperidine rings is 1. The zero-order valence-corrected chi connectivity index (χ0v) is 14.0. The van der Waals surface area contributed by atoms with Crippen molar-refractivity contribution in [3.05, 3.63) is 11.6 Å². The zero-order chi connectivity index (χ0) is 16.8. The average molecular weight is 323 g/mol. The molecule has 8 nitrogen and oxygen atoms in total. The van der Waals surface area contributed by atoms with Crippen LogP contribution in [0.15, 0.2) is 0 Å². The van der Waals surface area contributed by atoms with Crippen molar-refractivity contribution in [3.63, 3.8) is 0 Å². The van der Waals surface area contributed by atoms with E-state index in [-0.39, 0.29) is 24.3 Å². The number of rotatable bonds is 6. The van der Waals surface area contributed by atoms with Crippen molar-refractivity contribution in [2.45, 2.75) is 33.2 Å². The minimum absolute atomic E-state index is 0.00518. The number of nitrogens with zero attached hydrogens (tertiary/aromatic N) is 4. The maximum atomic E-state index is 12.3. The lowest BCUT2D eigenvalue weighted by Crippen LogP contribution is -2.46. The first kappa shape index (κ1) is 17.4. The van der Waals surface area contributed by atoms with Crippen LogP contribution >= 0.6 is 0 Å². The van der Waals surface area contributed by atoms with Crippen LogP contribution in [0.1, 0.15) is 24.5 Å². The summed E-state index contributed by atoms with van der Waals surface area (Å²) in [5.74, 6) is 1.36. The van der Waals surface area contributed by atoms with E-state index in [0.717, 1.165) is 24.5 Å². The highest BCUT2D eigenvalue weighted by Gasteiger charge is 2.28. The summed E-state index contributed by atoms with van der Waals surface area (Å²) in [4.78, 5) is 30.1. The molecule has 2 heterocycles. The van der Waals surface area contributed by atoms with Gasteiger partial charge in [-0.1, -0.05) is 0 Å². The van der Waals surface area contributed by atoms with Crippen LogP contribution in [0.2, 0.25) is 0 Å². The second-order valence-corrected chi connectivity index (χ2v) is 5.83. The first-order valence-electron chi connectivity index (χ1n) is 7.93. The molecule has 1 aliphatic heterocycles. The van der Waals surface area contributed by atoms with Crippen LogP contribution in [0.4, 0.5) is 0 Å². The van der Waals surface area contributed by atoms with E-state index in [2.05, 4.69) is 15.4 Å². The van der Waals surface area contributed by atoms with E-state index in [9.17, 15) is 9.59 Å². The number of carbonyl (C=O) groups excluding carboxylic acids is 2. The first-order chi connectivity index (χ1) is 11.0. The van der Waals surface area contributed by atoms with Gasteiger partial charge in [-0.3, -0.25) is 9.59 Å². The minimum atomic E-state index is -0.150. The molecule has 0 bridgehead atoms. The second-order valence-electron chi connectivity index (χ2n) is 5.83. The summed E-state index contributed by atoms with van der Waals surface area (Å²) in [6.07, 6.45) is 1.65. The lowest BCUT2D eigenvalue weighted by Gasteiger charge is -2.31. The normalized spacial score (nSPS) is 18.0. The molecule has 0 aromatic carbocycles. The van der Waals surface area contributed by atoms with Crippen molar-refractivity contribution in [1.29, 1.82) is 0 Å². The highest BCUT2D eigenvalue weighted by Crippen LogP contribution is 2.16. The number of ether oxygens (including phenoxy) is 1. The lowest BCUT2D eigenvalue weighted by atomic mass is 9.97. The summed E-state index contributed by atoms with van der Waals surface area (Å²) < 4.78 is 6.65. The van der Waals surface area contributed by atoms with E-state index in [0.29, 0.717) is 26.2 Å². The Morgan fingerprint density at radius 2 is 2.17 bits per heavy atom. The van der Waals surface area contributed by atoms with Crippen LogP contribution in [0.25, 0.3) is 0 Å². The van der Waals surface area contributed by atoms with Gasteiger partial charge in [-0.15, -0.1) is 0 Å². The predicted molar refractivity (Wildman–Crippen MR) is 83.7 cm³/mol. The van der Waals surface area contributed by atoms with Gasteiger partial charge in [-0.05, 0) is 26.7 Å². The molecule has 2 rings (SSSR count). The van der Waals surface area contributed by atoms with Crippen LogP contribution < -0.4 is 5.32 Å². The minimum Gasteiger partial charge on any atom is -0.375 e. The molecule has 1 fully saturated rings. The van der Waals surface area contributed by atoms with Crippen LogP contribution in [0.3, 0.4) is 0 Å². The Morgan fingerprint density at radius 3 is 2.83 bits per heavy atom. The summed E-state index contributed by atoms with van der Waals surface area (Å²) in [6.45, 7) is 6.07. The Morgan fingerprint density at radius 1 is 1.39 bits per heavy atom. The maximum absolute atomic E-state index is 12.3. The molecule has 2 amide bonds. The van der Waals surface area contributed by atoms with Crippen molar-refractivity contribution >= 4 is 11.8 Å². The van der Waals surface area contributed by atoms with Gasteiger partial charge in [-0.2, -0.15) is 5.10 Å². The van der Waals surface area contributed by atoms with Crippen LogP contribution in [0, 0.1) is 19.8 Å². The van der Waals surface area contributed by atoms with Gasteiger partial charge in [0.2, 0.25) is 11.8 Å². The third kappa shape index (κ3) is 4.75. The number of aryl methyl sites for hydroxylation is 2. The molecule has 1 aliphatic rings. The fraction of sp³-hybridized carbons (Fsp3) is 0.733. The number of aromatic nitrogens is 3. The van der Waals surface area contributed by atoms with Gasteiger partial charge in [-0.25, -0.2) is 9.67 Å². The Bertz CT molecular complexity index is 557. The van der Waals surface area contributed by atoms with E-state index in [1.165, 1.54) is 7.11 Å². The van der Waals surface area contributed by atoms with Gasteiger partial charge in [0.15, 0.2) is 0 Å². The summed E-state index contributed by atoms with van der Waals surface area (Å²) >= 11 is 0. The Kier molecular flexibility index (Phi) is 6.09. The topological polar surface area (TPSA) is 89.4 Å². The largest absolute Gasteiger partial charge is 0.375 e. The van der Waals surface area contributed by atoms with Crippen LogP contribution in [-0.4, -0.2) is 64.8 Å². The quantitative estimate of drug-likeness (QED) is 0.789. The second kappa shape index (κ2) is 8.05. The van der Waals surface area contributed by atoms with E-state index in [4.69, 9.17) is 4.74 Å². The molecule has 23 heavy (non-hydrogen) atoms. The number of methoxy groups -OCH3 is 1. The fourth-order valence-corrected chi connectivity index (χ4v) is 2.83. The number of nitrogens with one attached hydrogen (secondary N) is 1. The molecule has 0 radical (unpaired) electrons. The summed E-state index contributed by atoms with van der Waals surface area (Å²) in [5.41, 5.74) is 0. The molecule has 1 saturated heterocycles. The predicted octanol–water partition coefficient (Wildman–Crippen LogP) is -0.104. The van der Waals surface area contributed by atoms with E-state index < -0.39 is 0 Å². The third-order valence-electron chi connectivity index (χ3n) is 4.00. The molecule has 1 atom stereocenters. The molecule has 0 spiro atoms. The fourth-order valence-electron chi connectivity index (χ4n) is 2.83. The van der Waals surface area contributed by atoms with Gasteiger partial charge in [0, 0.05) is 26.7 Å². The van der Waals surface area contributed by atoms with Crippen molar-refractivity contribution in [2.24, 2.45) is 5.92 Å². The Hall–Kier alpha value is -1.96. The SMILES string of the molecule is COCC(=O)N1CCCC(C(=O)NCCn2nc(C)nc2C)C1. The van der Waals surface area contributed by atoms with E-state index in [1.807, 2.05) is 13.8 Å². The number of hydrogen-bond acceptors (Lipinski definition) is 5. The molecule has 0 aliphatic carbocycles. The van der Waals surface area contributed by atoms with Gasteiger partial charge >= 0.3 is 0 Å². The van der Waals surface area contributed by atoms with Gasteiger partial charge in [0.25, 0.3) is 0 Å². The van der Waals surface area contributed by atoms with Gasteiger partial charge < -0.3 is 15.0 Å². The third-order valence-corrected chi connectivity index (χ3v) is 4.00. The Balaban J connectivity index is 1.78. The highest BCUT2D eigenvalue weighted by atomic mass is 16.5. The standard InChI is InChI=1S/C15H25N5O3/c1-11-17-12(2)20(18-11)8-6-16-15(22)13-5-4-7-19(9-13)14(21)10-23-3/h13H,4-10H2,1-3H3,(H,16,22). The molecule has 8 heteroatoms. The summed E-state index contributed by atoms with van der Waals surface area (Å²) in [7, 11) is 1.50. The van der Waals surface area contributed by atoms with Gasteiger partial charge in [0.05, 0.1) is 12.5 Å². The monoisotopic (exact) mass is 323 g/mol. The summed E-state index contributed by atoms with van der Waals surface area (Å²) in [6, 6.07) is 0. The number of carbonyl (C=O) groups is 2. The van der Waals surface area contributed by atoms with E-state index in [1.54, 1.807) is 9.58 Å². The molecule has 1 aromatic rings. The lowest BCUT2D eigenvalue weighted by molar-refractivity contribution is -0.138. The molecule has 1 unspecified atom stereocenters. The highest BCUT2D eigenvalue weighted by molar-refractivity contribution is 5.81. The molecule has 1 N–H and O–H groups in total. The van der Waals surface area contributed by atoms with Crippen molar-refractivity contribution < 1.29 is 14.3 Å². The van der Waals surface area contributed by atoms with Crippen molar-refractivity contribution in [1.82, 2.24) is 25.0 Å². The van der Waals surface area contributed by atoms with E-state index >= 15 is 0 Å². The van der Waals surface area contributed by atoms with Crippen LogP contribution in [0.5, 0.6) is 0 Å². The van der Waals surface area contributed by atoms with Crippen molar-refractivity contribution in [2.75, 3.05) is 33.4 Å². The molecule has 1 aromatic heterocycles. The number of likely N-dealkylation sites (tertiary alicyclic amines) is 1.